The number of benzene rings is 3. The number of amides is 1. The molecule has 1 aromatic heterocycles. The van der Waals surface area contributed by atoms with Crippen molar-refractivity contribution in [3.05, 3.63) is 93.1 Å². The van der Waals surface area contributed by atoms with E-state index in [1.807, 2.05) is 46.6 Å². The number of carbonyl (C=O) groups excluding carboxylic acids is 1. The Morgan fingerprint density at radius 3 is 2.62 bits per heavy atom. The number of ether oxygens (including phenoxy) is 1. The van der Waals surface area contributed by atoms with Crippen molar-refractivity contribution in [3.63, 3.8) is 0 Å². The normalized spacial score (nSPS) is 13.6. The van der Waals surface area contributed by atoms with E-state index < -0.39 is 0 Å². The third-order valence-electron chi connectivity index (χ3n) is 5.57. The van der Waals surface area contributed by atoms with Gasteiger partial charge in [-0.15, -0.1) is 11.3 Å². The Bertz CT molecular complexity index is 1480. The number of aryl methyl sites for hydroxylation is 3. The molecule has 0 unspecified atom stereocenters. The van der Waals surface area contributed by atoms with Crippen LogP contribution in [0.2, 0.25) is 0 Å². The van der Waals surface area contributed by atoms with Crippen LogP contribution in [0.1, 0.15) is 22.3 Å². The van der Waals surface area contributed by atoms with Gasteiger partial charge in [0.1, 0.15) is 5.75 Å². The zero-order chi connectivity index (χ0) is 23.7. The first kappa shape index (κ1) is 21.9. The highest BCUT2D eigenvalue weighted by molar-refractivity contribution is 7.07. The van der Waals surface area contributed by atoms with E-state index in [1.54, 1.807) is 0 Å². The highest BCUT2D eigenvalue weighted by Gasteiger charge is 2.18. The van der Waals surface area contributed by atoms with Crippen molar-refractivity contribution in [1.29, 1.82) is 0 Å². The Balaban J connectivity index is 1.64. The first-order valence-electron chi connectivity index (χ1n) is 11.0. The molecule has 0 saturated carbocycles. The first-order chi connectivity index (χ1) is 16.5. The molecule has 170 valence electrons. The number of thiazole rings is 1. The summed E-state index contributed by atoms with van der Waals surface area (Å²) in [5.41, 5.74) is 7.80. The minimum Gasteiger partial charge on any atom is -0.482 e. The van der Waals surface area contributed by atoms with Crippen LogP contribution in [0.15, 0.2) is 76.1 Å². The third-order valence-corrected chi connectivity index (χ3v) is 6.39. The lowest BCUT2D eigenvalue weighted by atomic mass is 10.1. The summed E-state index contributed by atoms with van der Waals surface area (Å²) in [6.45, 7) is 6.21. The summed E-state index contributed by atoms with van der Waals surface area (Å²) in [5.74, 6) is 0.499. The predicted molar refractivity (Wildman–Crippen MR) is 137 cm³/mol. The smallest absolute Gasteiger partial charge is 0.262 e. The predicted octanol–water partition coefficient (Wildman–Crippen LogP) is 5.59. The second-order valence-corrected chi connectivity index (χ2v) is 9.16. The van der Waals surface area contributed by atoms with E-state index >= 15 is 0 Å². The van der Waals surface area contributed by atoms with Gasteiger partial charge < -0.3 is 10.1 Å². The number of hydrogen-bond acceptors (Lipinski definition) is 5. The number of nitrogens with zero attached hydrogens (tertiary/aromatic N) is 3. The van der Waals surface area contributed by atoms with E-state index in [-0.39, 0.29) is 12.5 Å². The monoisotopic (exact) mass is 468 g/mol. The minimum atomic E-state index is -0.161. The molecule has 0 atom stereocenters. The van der Waals surface area contributed by atoms with Crippen LogP contribution in [-0.2, 0) is 4.79 Å². The molecule has 1 aliphatic heterocycles. The van der Waals surface area contributed by atoms with Crippen LogP contribution in [-0.4, -0.2) is 23.4 Å². The molecule has 6 nitrogen and oxygen atoms in total. The van der Waals surface area contributed by atoms with Gasteiger partial charge in [0.05, 0.1) is 23.3 Å². The zero-order valence-corrected chi connectivity index (χ0v) is 20.0. The van der Waals surface area contributed by atoms with Gasteiger partial charge in [0.2, 0.25) is 4.80 Å². The molecule has 4 aromatic rings. The number of fused-ring (bicyclic) bond motifs is 1. The topological polar surface area (TPSA) is 68.0 Å². The maximum atomic E-state index is 11.8. The number of carbonyl (C=O) groups is 1. The van der Waals surface area contributed by atoms with Crippen molar-refractivity contribution in [2.75, 3.05) is 11.9 Å². The van der Waals surface area contributed by atoms with E-state index in [0.29, 0.717) is 11.4 Å². The number of rotatable bonds is 4. The summed E-state index contributed by atoms with van der Waals surface area (Å²) in [4.78, 5) is 17.5. The quantitative estimate of drug-likeness (QED) is 0.397. The number of nitrogens with one attached hydrogen (secondary N) is 1. The molecule has 0 radical (unpaired) electrons. The fourth-order valence-electron chi connectivity index (χ4n) is 3.65. The zero-order valence-electron chi connectivity index (χ0n) is 19.2. The molecule has 7 heteroatoms. The summed E-state index contributed by atoms with van der Waals surface area (Å²) < 4.78 is 7.36. The van der Waals surface area contributed by atoms with E-state index in [1.165, 1.54) is 16.9 Å². The Labute approximate surface area is 201 Å². The highest BCUT2D eigenvalue weighted by atomic mass is 32.1. The van der Waals surface area contributed by atoms with Crippen LogP contribution < -0.4 is 14.9 Å². The molecule has 0 spiro atoms. The summed E-state index contributed by atoms with van der Waals surface area (Å²) in [6.07, 6.45) is 1.83. The van der Waals surface area contributed by atoms with Crippen LogP contribution in [0.3, 0.4) is 0 Å². The van der Waals surface area contributed by atoms with E-state index in [2.05, 4.69) is 56.4 Å². The van der Waals surface area contributed by atoms with Gasteiger partial charge in [0.25, 0.3) is 5.91 Å². The summed E-state index contributed by atoms with van der Waals surface area (Å²) in [5, 5.41) is 9.72. The Hall–Kier alpha value is -3.97. The average Bonchev–Trinajstić information content (AvgIpc) is 3.23. The van der Waals surface area contributed by atoms with Gasteiger partial charge in [0, 0.05) is 10.9 Å². The molecular formula is C27H24N4O2S. The molecule has 3 aromatic carbocycles. The lowest BCUT2D eigenvalue weighted by Gasteiger charge is -2.18. The van der Waals surface area contributed by atoms with Crippen molar-refractivity contribution < 1.29 is 9.53 Å². The van der Waals surface area contributed by atoms with Gasteiger partial charge in [0.15, 0.2) is 6.61 Å². The average molecular weight is 469 g/mol. The molecular weight excluding hydrogens is 444 g/mol. The van der Waals surface area contributed by atoms with Gasteiger partial charge in [-0.25, -0.2) is 9.67 Å². The van der Waals surface area contributed by atoms with Crippen LogP contribution in [0.25, 0.3) is 11.3 Å². The van der Waals surface area contributed by atoms with Crippen LogP contribution in [0.5, 0.6) is 5.75 Å². The molecule has 34 heavy (non-hydrogen) atoms. The molecule has 0 aliphatic carbocycles. The first-order valence-corrected chi connectivity index (χ1v) is 11.8. The molecule has 1 amide bonds. The molecule has 0 bridgehead atoms. The van der Waals surface area contributed by atoms with Crippen molar-refractivity contribution >= 4 is 34.8 Å². The lowest BCUT2D eigenvalue weighted by Crippen LogP contribution is -2.25. The number of hydrogen-bond donors (Lipinski definition) is 1. The molecule has 2 heterocycles. The fraction of sp³-hybridized carbons (Fsp3) is 0.148. The van der Waals surface area contributed by atoms with E-state index in [0.717, 1.165) is 38.4 Å². The molecule has 1 aliphatic rings. The maximum Gasteiger partial charge on any atom is 0.262 e. The largest absolute Gasteiger partial charge is 0.482 e. The third kappa shape index (κ3) is 4.56. The van der Waals surface area contributed by atoms with Gasteiger partial charge in [-0.05, 0) is 61.7 Å². The molecule has 0 saturated heterocycles. The Kier molecular flexibility index (Phi) is 5.86. The van der Waals surface area contributed by atoms with Crippen molar-refractivity contribution in [2.45, 2.75) is 20.8 Å². The summed E-state index contributed by atoms with van der Waals surface area (Å²) >= 11 is 1.52. The van der Waals surface area contributed by atoms with Gasteiger partial charge in [-0.3, -0.25) is 4.79 Å². The van der Waals surface area contributed by atoms with E-state index in [9.17, 15) is 4.79 Å². The summed E-state index contributed by atoms with van der Waals surface area (Å²) in [6, 6.07) is 20.2. The second-order valence-electron chi connectivity index (χ2n) is 8.32. The Morgan fingerprint density at radius 2 is 1.79 bits per heavy atom. The molecule has 5 rings (SSSR count). The maximum absolute atomic E-state index is 11.8. The fourth-order valence-corrected chi connectivity index (χ4v) is 4.50. The van der Waals surface area contributed by atoms with Crippen molar-refractivity contribution in [3.8, 4) is 17.0 Å². The summed E-state index contributed by atoms with van der Waals surface area (Å²) in [7, 11) is 0. The van der Waals surface area contributed by atoms with Crippen molar-refractivity contribution in [2.24, 2.45) is 10.1 Å². The van der Waals surface area contributed by atoms with Gasteiger partial charge in [-0.2, -0.15) is 5.10 Å². The van der Waals surface area contributed by atoms with Crippen molar-refractivity contribution in [1.82, 2.24) is 4.68 Å². The SMILES string of the molecule is Cc1ccc(C=Nn2c(-c3ccc4c(c3)NC(=O)CO4)csc2=Nc2cc(C)ccc2C)cc1. The van der Waals surface area contributed by atoms with Gasteiger partial charge in [-0.1, -0.05) is 42.0 Å². The molecule has 0 fully saturated rings. The van der Waals surface area contributed by atoms with Gasteiger partial charge >= 0.3 is 0 Å². The number of anilines is 1. The van der Waals surface area contributed by atoms with E-state index in [4.69, 9.17) is 14.8 Å². The number of aromatic nitrogens is 1. The minimum absolute atomic E-state index is 0.0323. The highest BCUT2D eigenvalue weighted by Crippen LogP contribution is 2.33. The second kappa shape index (κ2) is 9.11. The lowest BCUT2D eigenvalue weighted by molar-refractivity contribution is -0.118. The standard InChI is InChI=1S/C27H24N4O2S/c1-17-5-8-20(9-6-17)14-28-31-24(21-10-11-25-23(13-21)29-26(32)15-33-25)16-34-27(31)30-22-12-18(2)4-7-19(22)3/h4-14,16H,15H2,1-3H3,(H,29,32). The molecule has 1 N–H and O–H groups in total. The Morgan fingerprint density at radius 1 is 1.00 bits per heavy atom. The van der Waals surface area contributed by atoms with Crippen LogP contribution >= 0.6 is 11.3 Å². The van der Waals surface area contributed by atoms with Crippen LogP contribution in [0.4, 0.5) is 11.4 Å². The van der Waals surface area contributed by atoms with Crippen LogP contribution in [0, 0.1) is 20.8 Å².